The largest absolute Gasteiger partial charge is 0.379 e. The van der Waals surface area contributed by atoms with Gasteiger partial charge in [0.2, 0.25) is 0 Å². The van der Waals surface area contributed by atoms with Gasteiger partial charge in [-0.05, 0) is 56.4 Å². The second-order valence-corrected chi connectivity index (χ2v) is 6.91. The topological polar surface area (TPSA) is 26.3 Å². The van der Waals surface area contributed by atoms with Crippen molar-refractivity contribution in [2.45, 2.75) is 59.0 Å². The zero-order valence-corrected chi connectivity index (χ0v) is 12.4. The summed E-state index contributed by atoms with van der Waals surface area (Å²) in [6.07, 6.45) is 5.98. The van der Waals surface area contributed by atoms with Gasteiger partial charge >= 0.3 is 0 Å². The van der Waals surface area contributed by atoms with E-state index in [9.17, 15) is 4.79 Å². The van der Waals surface area contributed by atoms with Crippen molar-refractivity contribution in [1.29, 1.82) is 0 Å². The standard InChI is InChI=1S/C16H26O2/c1-11-8-14(17)9-12-6-7-13(10-16(11,12)4)15(2,3)18-5/h9,11,13H,6-8,10H2,1-5H3. The molecule has 0 amide bonds. The maximum Gasteiger partial charge on any atom is 0.155 e. The van der Waals surface area contributed by atoms with Crippen molar-refractivity contribution in [3.8, 4) is 0 Å². The highest BCUT2D eigenvalue weighted by atomic mass is 16.5. The van der Waals surface area contributed by atoms with Crippen LogP contribution in [0.1, 0.15) is 53.4 Å². The quantitative estimate of drug-likeness (QED) is 0.746. The molecule has 0 aromatic rings. The molecule has 0 N–H and O–H groups in total. The van der Waals surface area contributed by atoms with E-state index in [0.29, 0.717) is 24.0 Å². The van der Waals surface area contributed by atoms with Crippen molar-refractivity contribution in [3.05, 3.63) is 11.6 Å². The van der Waals surface area contributed by atoms with E-state index in [4.69, 9.17) is 4.74 Å². The van der Waals surface area contributed by atoms with Crippen LogP contribution in [0.4, 0.5) is 0 Å². The van der Waals surface area contributed by atoms with Crippen LogP contribution in [0.3, 0.4) is 0 Å². The van der Waals surface area contributed by atoms with Crippen molar-refractivity contribution in [1.82, 2.24) is 0 Å². The van der Waals surface area contributed by atoms with Crippen molar-refractivity contribution in [2.24, 2.45) is 17.3 Å². The van der Waals surface area contributed by atoms with Crippen LogP contribution in [0.5, 0.6) is 0 Å². The van der Waals surface area contributed by atoms with E-state index in [2.05, 4.69) is 27.7 Å². The maximum atomic E-state index is 11.7. The van der Waals surface area contributed by atoms with Crippen LogP contribution in [0.25, 0.3) is 0 Å². The summed E-state index contributed by atoms with van der Waals surface area (Å²) < 4.78 is 5.67. The van der Waals surface area contributed by atoms with Crippen LogP contribution in [0.15, 0.2) is 11.6 Å². The molecule has 2 heteroatoms. The molecule has 1 fully saturated rings. The number of hydrogen-bond donors (Lipinski definition) is 0. The maximum absolute atomic E-state index is 11.7. The molecule has 0 heterocycles. The average Bonchev–Trinajstić information content (AvgIpc) is 2.30. The lowest BCUT2D eigenvalue weighted by atomic mass is 9.56. The SMILES string of the molecule is COC(C)(C)C1CCC2=CC(=O)CC(C)C2(C)C1. The number of hydrogen-bond acceptors (Lipinski definition) is 2. The van der Waals surface area contributed by atoms with Crippen molar-refractivity contribution in [3.63, 3.8) is 0 Å². The lowest BCUT2D eigenvalue weighted by molar-refractivity contribution is -0.118. The van der Waals surface area contributed by atoms with Crippen molar-refractivity contribution >= 4 is 5.78 Å². The third kappa shape index (κ3) is 2.16. The van der Waals surface area contributed by atoms with Gasteiger partial charge in [-0.25, -0.2) is 0 Å². The van der Waals surface area contributed by atoms with Gasteiger partial charge in [0.05, 0.1) is 5.60 Å². The predicted molar refractivity (Wildman–Crippen MR) is 73.4 cm³/mol. The van der Waals surface area contributed by atoms with Crippen LogP contribution < -0.4 is 0 Å². The number of carbonyl (C=O) groups is 1. The number of fused-ring (bicyclic) bond motifs is 1. The Kier molecular flexibility index (Phi) is 3.44. The van der Waals surface area contributed by atoms with E-state index in [-0.39, 0.29) is 11.0 Å². The highest BCUT2D eigenvalue weighted by Gasteiger charge is 2.46. The molecule has 0 aromatic carbocycles. The first kappa shape index (κ1) is 13.8. The van der Waals surface area contributed by atoms with Crippen LogP contribution >= 0.6 is 0 Å². The fourth-order valence-electron chi connectivity index (χ4n) is 3.66. The molecule has 0 aromatic heterocycles. The summed E-state index contributed by atoms with van der Waals surface area (Å²) in [5, 5.41) is 0. The molecule has 0 saturated heterocycles. The number of methoxy groups -OCH3 is 1. The number of ether oxygens (including phenoxy) is 1. The Balaban J connectivity index is 2.26. The fraction of sp³-hybridized carbons (Fsp3) is 0.812. The van der Waals surface area contributed by atoms with Crippen LogP contribution in [-0.2, 0) is 9.53 Å². The Morgan fingerprint density at radius 1 is 1.44 bits per heavy atom. The molecule has 0 spiro atoms. The molecule has 18 heavy (non-hydrogen) atoms. The van der Waals surface area contributed by atoms with Gasteiger partial charge in [-0.1, -0.05) is 19.4 Å². The highest BCUT2D eigenvalue weighted by molar-refractivity contribution is 5.92. The smallest absolute Gasteiger partial charge is 0.155 e. The molecule has 2 aliphatic rings. The van der Waals surface area contributed by atoms with E-state index in [1.807, 2.05) is 13.2 Å². The van der Waals surface area contributed by atoms with Crippen LogP contribution in [0.2, 0.25) is 0 Å². The Morgan fingerprint density at radius 3 is 2.72 bits per heavy atom. The molecule has 2 nitrogen and oxygen atoms in total. The molecule has 3 atom stereocenters. The zero-order valence-electron chi connectivity index (χ0n) is 12.4. The summed E-state index contributed by atoms with van der Waals surface area (Å²) in [7, 11) is 1.81. The van der Waals surface area contributed by atoms with Crippen LogP contribution in [0, 0.1) is 17.3 Å². The second kappa shape index (κ2) is 4.48. The van der Waals surface area contributed by atoms with Gasteiger partial charge in [-0.2, -0.15) is 0 Å². The summed E-state index contributed by atoms with van der Waals surface area (Å²) in [5.74, 6) is 1.36. The van der Waals surface area contributed by atoms with E-state index < -0.39 is 0 Å². The van der Waals surface area contributed by atoms with Gasteiger partial charge in [0, 0.05) is 13.5 Å². The second-order valence-electron chi connectivity index (χ2n) is 6.91. The minimum absolute atomic E-state index is 0.0598. The van der Waals surface area contributed by atoms with E-state index >= 15 is 0 Å². The molecule has 0 radical (unpaired) electrons. The van der Waals surface area contributed by atoms with Crippen LogP contribution in [-0.4, -0.2) is 18.5 Å². The van der Waals surface area contributed by atoms with Gasteiger partial charge < -0.3 is 4.74 Å². The number of rotatable bonds is 2. The molecule has 2 rings (SSSR count). The van der Waals surface area contributed by atoms with E-state index in [1.54, 1.807) is 0 Å². The monoisotopic (exact) mass is 250 g/mol. The lowest BCUT2D eigenvalue weighted by Crippen LogP contribution is -2.44. The first-order valence-corrected chi connectivity index (χ1v) is 7.08. The zero-order chi connectivity index (χ0) is 13.6. The van der Waals surface area contributed by atoms with Crippen molar-refractivity contribution < 1.29 is 9.53 Å². The molecule has 3 unspecified atom stereocenters. The van der Waals surface area contributed by atoms with Gasteiger partial charge in [0.1, 0.15) is 0 Å². The van der Waals surface area contributed by atoms with Crippen molar-refractivity contribution in [2.75, 3.05) is 7.11 Å². The average molecular weight is 250 g/mol. The number of allylic oxidation sites excluding steroid dienone is 2. The molecule has 0 bridgehead atoms. The highest BCUT2D eigenvalue weighted by Crippen LogP contribution is 2.53. The first-order chi connectivity index (χ1) is 8.29. The Labute approximate surface area is 111 Å². The molecule has 2 aliphatic carbocycles. The Bertz CT molecular complexity index is 381. The van der Waals surface area contributed by atoms with E-state index in [1.165, 1.54) is 5.57 Å². The van der Waals surface area contributed by atoms with Gasteiger partial charge in [0.25, 0.3) is 0 Å². The molecule has 102 valence electrons. The summed E-state index contributed by atoms with van der Waals surface area (Å²) in [5.41, 5.74) is 1.52. The molecule has 1 saturated carbocycles. The Morgan fingerprint density at radius 2 is 2.11 bits per heavy atom. The summed E-state index contributed by atoms with van der Waals surface area (Å²) >= 11 is 0. The van der Waals surface area contributed by atoms with Gasteiger partial charge in [-0.3, -0.25) is 4.79 Å². The third-order valence-electron chi connectivity index (χ3n) is 5.61. The third-order valence-corrected chi connectivity index (χ3v) is 5.61. The predicted octanol–water partition coefficient (Wildman–Crippen LogP) is 3.75. The minimum atomic E-state index is -0.0598. The Hall–Kier alpha value is -0.630. The number of carbonyl (C=O) groups excluding carboxylic acids is 1. The number of ketones is 1. The van der Waals surface area contributed by atoms with E-state index in [0.717, 1.165) is 19.3 Å². The van der Waals surface area contributed by atoms with Gasteiger partial charge in [-0.15, -0.1) is 0 Å². The minimum Gasteiger partial charge on any atom is -0.379 e. The fourth-order valence-corrected chi connectivity index (χ4v) is 3.66. The summed E-state index contributed by atoms with van der Waals surface area (Å²) in [6.45, 7) is 8.95. The molecular weight excluding hydrogens is 224 g/mol. The first-order valence-electron chi connectivity index (χ1n) is 7.08. The summed E-state index contributed by atoms with van der Waals surface area (Å²) in [4.78, 5) is 11.7. The molecular formula is C16H26O2. The lowest BCUT2D eigenvalue weighted by Gasteiger charge is -2.50. The summed E-state index contributed by atoms with van der Waals surface area (Å²) in [6, 6.07) is 0. The molecule has 0 aliphatic heterocycles. The normalized spacial score (nSPS) is 37.2. The van der Waals surface area contributed by atoms with Gasteiger partial charge in [0.15, 0.2) is 5.78 Å².